The molecule has 0 spiro atoms. The van der Waals surface area contributed by atoms with Gasteiger partial charge in [0.2, 0.25) is 0 Å². The van der Waals surface area contributed by atoms with Crippen LogP contribution in [-0.4, -0.2) is 30.4 Å². The van der Waals surface area contributed by atoms with Gasteiger partial charge in [-0.25, -0.2) is 0 Å². The molecule has 3 heteroatoms. The molecule has 0 aromatic heterocycles. The molecule has 0 rings (SSSR count). The van der Waals surface area contributed by atoms with Crippen LogP contribution in [0.25, 0.3) is 0 Å². The maximum atomic E-state index is 7.04. The average Bonchev–Trinajstić information content (AvgIpc) is 1.85. The lowest BCUT2D eigenvalue weighted by Gasteiger charge is -2.21. The third-order valence-corrected chi connectivity index (χ3v) is 1.77. The lowest BCUT2D eigenvalue weighted by atomic mass is 10.2. The number of rotatable bonds is 4. The highest BCUT2D eigenvalue weighted by Crippen LogP contribution is 1.98. The Bertz CT molecular complexity index is 111. The fourth-order valence-electron chi connectivity index (χ4n) is 0.786. The number of amidine groups is 1. The van der Waals surface area contributed by atoms with Crippen molar-refractivity contribution in [2.24, 2.45) is 5.73 Å². The molecule has 1 atom stereocenters. The smallest absolute Gasteiger partial charge is 0.0920 e. The zero-order valence-electron chi connectivity index (χ0n) is 7.02. The summed E-state index contributed by atoms with van der Waals surface area (Å²) in [4.78, 5) is 2.17. The Morgan fingerprint density at radius 1 is 1.70 bits per heavy atom. The summed E-state index contributed by atoms with van der Waals surface area (Å²) in [5, 5.41) is 7.04. The first-order valence-corrected chi connectivity index (χ1v) is 3.61. The fourth-order valence-corrected chi connectivity index (χ4v) is 0.786. The Kier molecular flexibility index (Phi) is 4.03. The van der Waals surface area contributed by atoms with Crippen LogP contribution < -0.4 is 5.73 Å². The van der Waals surface area contributed by atoms with Gasteiger partial charge in [0.15, 0.2) is 0 Å². The molecule has 60 valence electrons. The van der Waals surface area contributed by atoms with Crippen molar-refractivity contribution >= 4 is 5.84 Å². The summed E-state index contributed by atoms with van der Waals surface area (Å²) in [7, 11) is 2.04. The van der Waals surface area contributed by atoms with E-state index in [9.17, 15) is 0 Å². The predicted octanol–water partition coefficient (Wildman–Crippen LogP) is 0.653. The first kappa shape index (κ1) is 9.43. The van der Waals surface area contributed by atoms with Gasteiger partial charge in [0.05, 0.1) is 5.84 Å². The Balaban J connectivity index is 3.61. The van der Waals surface area contributed by atoms with Crippen molar-refractivity contribution in [3.05, 3.63) is 0 Å². The van der Waals surface area contributed by atoms with Crippen LogP contribution in [0.15, 0.2) is 0 Å². The van der Waals surface area contributed by atoms with Gasteiger partial charge < -0.3 is 10.6 Å². The van der Waals surface area contributed by atoms with Crippen LogP contribution in [0.5, 0.6) is 0 Å². The molecule has 3 nitrogen and oxygen atoms in total. The van der Waals surface area contributed by atoms with Crippen LogP contribution >= 0.6 is 0 Å². The Morgan fingerprint density at radius 3 is 2.50 bits per heavy atom. The van der Waals surface area contributed by atoms with E-state index >= 15 is 0 Å². The quantitative estimate of drug-likeness (QED) is 0.448. The van der Waals surface area contributed by atoms with Crippen molar-refractivity contribution in [2.45, 2.75) is 26.3 Å². The van der Waals surface area contributed by atoms with E-state index in [1.807, 2.05) is 7.05 Å². The summed E-state index contributed by atoms with van der Waals surface area (Å²) >= 11 is 0. The summed E-state index contributed by atoms with van der Waals surface area (Å²) in [6, 6.07) is 0.391. The summed E-state index contributed by atoms with van der Waals surface area (Å²) in [5.74, 6) is 0.271. The average molecular weight is 143 g/mol. The number of hydrogen-bond acceptors (Lipinski definition) is 2. The molecule has 1 unspecified atom stereocenters. The van der Waals surface area contributed by atoms with E-state index in [2.05, 4.69) is 18.7 Å². The van der Waals surface area contributed by atoms with Crippen molar-refractivity contribution in [3.8, 4) is 0 Å². The molecule has 0 radical (unpaired) electrons. The first-order chi connectivity index (χ1) is 4.57. The van der Waals surface area contributed by atoms with Crippen LogP contribution in [0, 0.1) is 5.41 Å². The standard InChI is InChI=1S/C7H17N3/c1-4-10(3)6(2)5-7(8)9/h6H,4-5H2,1-3H3,(H3,8,9). The van der Waals surface area contributed by atoms with Gasteiger partial charge in [-0.2, -0.15) is 0 Å². The molecule has 0 aromatic carbocycles. The van der Waals surface area contributed by atoms with Crippen LogP contribution in [0.4, 0.5) is 0 Å². The van der Waals surface area contributed by atoms with Gasteiger partial charge in [0.1, 0.15) is 0 Å². The Morgan fingerprint density at radius 2 is 2.20 bits per heavy atom. The summed E-state index contributed by atoms with van der Waals surface area (Å²) < 4.78 is 0. The minimum Gasteiger partial charge on any atom is -0.388 e. The lowest BCUT2D eigenvalue weighted by Crippen LogP contribution is -2.32. The fraction of sp³-hybridized carbons (Fsp3) is 0.857. The Hall–Kier alpha value is -0.570. The van der Waals surface area contributed by atoms with Crippen molar-refractivity contribution < 1.29 is 0 Å². The molecule has 0 fully saturated rings. The van der Waals surface area contributed by atoms with Crippen LogP contribution in [0.2, 0.25) is 0 Å². The third kappa shape index (κ3) is 3.45. The van der Waals surface area contributed by atoms with Gasteiger partial charge in [-0.3, -0.25) is 5.41 Å². The first-order valence-electron chi connectivity index (χ1n) is 3.61. The normalized spacial score (nSPS) is 13.6. The molecular weight excluding hydrogens is 126 g/mol. The minimum absolute atomic E-state index is 0.271. The number of nitrogens with zero attached hydrogens (tertiary/aromatic N) is 1. The molecule has 0 heterocycles. The summed E-state index contributed by atoms with van der Waals surface area (Å²) in [5.41, 5.74) is 5.24. The van der Waals surface area contributed by atoms with E-state index in [-0.39, 0.29) is 5.84 Å². The van der Waals surface area contributed by atoms with Gasteiger partial charge in [-0.15, -0.1) is 0 Å². The second kappa shape index (κ2) is 4.28. The zero-order chi connectivity index (χ0) is 8.15. The van der Waals surface area contributed by atoms with Crippen LogP contribution in [0.3, 0.4) is 0 Å². The number of nitrogens with two attached hydrogens (primary N) is 1. The molecule has 0 saturated carbocycles. The lowest BCUT2D eigenvalue weighted by molar-refractivity contribution is 0.276. The van der Waals surface area contributed by atoms with Crippen molar-refractivity contribution in [2.75, 3.05) is 13.6 Å². The zero-order valence-corrected chi connectivity index (χ0v) is 7.02. The topological polar surface area (TPSA) is 53.1 Å². The van der Waals surface area contributed by atoms with Gasteiger partial charge in [0.25, 0.3) is 0 Å². The highest BCUT2D eigenvalue weighted by atomic mass is 15.1. The second-order valence-electron chi connectivity index (χ2n) is 2.65. The number of hydrogen-bond donors (Lipinski definition) is 2. The molecule has 0 amide bonds. The molecule has 0 bridgehead atoms. The maximum Gasteiger partial charge on any atom is 0.0920 e. The molecule has 0 aromatic rings. The molecular formula is C7H17N3. The van der Waals surface area contributed by atoms with Crippen molar-refractivity contribution in [3.63, 3.8) is 0 Å². The monoisotopic (exact) mass is 143 g/mol. The molecule has 10 heavy (non-hydrogen) atoms. The number of nitrogens with one attached hydrogen (secondary N) is 1. The SMILES string of the molecule is CCN(C)C(C)CC(=N)N. The molecule has 0 aliphatic heterocycles. The van der Waals surface area contributed by atoms with Gasteiger partial charge >= 0.3 is 0 Å². The van der Waals surface area contributed by atoms with Crippen LogP contribution in [0.1, 0.15) is 20.3 Å². The van der Waals surface area contributed by atoms with E-state index < -0.39 is 0 Å². The highest BCUT2D eigenvalue weighted by Gasteiger charge is 2.06. The second-order valence-corrected chi connectivity index (χ2v) is 2.65. The van der Waals surface area contributed by atoms with Gasteiger partial charge in [0, 0.05) is 12.5 Å². The molecule has 0 aliphatic carbocycles. The summed E-state index contributed by atoms with van der Waals surface area (Å²) in [6.07, 6.45) is 0.671. The summed E-state index contributed by atoms with van der Waals surface area (Å²) in [6.45, 7) is 5.18. The van der Waals surface area contributed by atoms with E-state index in [1.165, 1.54) is 0 Å². The highest BCUT2D eigenvalue weighted by molar-refractivity contribution is 5.77. The third-order valence-electron chi connectivity index (χ3n) is 1.77. The predicted molar refractivity (Wildman–Crippen MR) is 44.3 cm³/mol. The molecule has 0 saturated heterocycles. The minimum atomic E-state index is 0.271. The van der Waals surface area contributed by atoms with E-state index in [4.69, 9.17) is 11.1 Å². The Labute approximate surface area is 62.7 Å². The van der Waals surface area contributed by atoms with Gasteiger partial charge in [-0.05, 0) is 20.5 Å². The van der Waals surface area contributed by atoms with Crippen molar-refractivity contribution in [1.82, 2.24) is 4.90 Å². The maximum absolute atomic E-state index is 7.04. The molecule has 3 N–H and O–H groups in total. The van der Waals surface area contributed by atoms with Crippen LogP contribution in [-0.2, 0) is 0 Å². The molecule has 0 aliphatic rings. The van der Waals surface area contributed by atoms with E-state index in [0.717, 1.165) is 6.54 Å². The largest absolute Gasteiger partial charge is 0.388 e. The van der Waals surface area contributed by atoms with E-state index in [0.29, 0.717) is 12.5 Å². The van der Waals surface area contributed by atoms with E-state index in [1.54, 1.807) is 0 Å². The van der Waals surface area contributed by atoms with Crippen molar-refractivity contribution in [1.29, 1.82) is 5.41 Å². The van der Waals surface area contributed by atoms with Gasteiger partial charge in [-0.1, -0.05) is 6.92 Å².